The highest BCUT2D eigenvalue weighted by Crippen LogP contribution is 2.37. The van der Waals surface area contributed by atoms with E-state index in [1.54, 1.807) is 18.2 Å². The van der Waals surface area contributed by atoms with Crippen LogP contribution in [0.5, 0.6) is 0 Å². The lowest BCUT2D eigenvalue weighted by Crippen LogP contribution is -2.00. The molecule has 0 bridgehead atoms. The Balaban J connectivity index is 1.61. The van der Waals surface area contributed by atoms with Crippen LogP contribution in [0.1, 0.15) is 6.85 Å². The fourth-order valence-corrected chi connectivity index (χ4v) is 4.17. The molecule has 0 spiro atoms. The number of furan rings is 1. The van der Waals surface area contributed by atoms with Crippen molar-refractivity contribution < 1.29 is 11.3 Å². The molecule has 0 fully saturated rings. The molecule has 0 aliphatic carbocycles. The molecule has 0 saturated carbocycles. The molecule has 158 valence electrons. The standard InChI is InChI=1S/C27H15Cl2N3O/c28-19-14-21-20-12-11-18(13-23(20)33-24(21)22(29)15-19)27-31-25(16-7-3-1-4-8-16)30-26(32-27)17-9-5-2-6-10-17/h1-15H/i1D,3D,4D,7D,8D. The van der Waals surface area contributed by atoms with Gasteiger partial charge in [-0.15, -0.1) is 0 Å². The van der Waals surface area contributed by atoms with E-state index in [9.17, 15) is 0 Å². The average Bonchev–Trinajstić information content (AvgIpc) is 3.29. The molecule has 0 saturated heterocycles. The van der Waals surface area contributed by atoms with Crippen LogP contribution in [0.25, 0.3) is 56.1 Å². The maximum atomic E-state index is 8.42. The van der Waals surface area contributed by atoms with Crippen LogP contribution >= 0.6 is 23.2 Å². The lowest BCUT2D eigenvalue weighted by molar-refractivity contribution is 0.669. The summed E-state index contributed by atoms with van der Waals surface area (Å²) in [6.07, 6.45) is 0. The Morgan fingerprint density at radius 3 is 2.12 bits per heavy atom. The van der Waals surface area contributed by atoms with Crippen LogP contribution in [0.4, 0.5) is 0 Å². The van der Waals surface area contributed by atoms with E-state index in [-0.39, 0.29) is 23.0 Å². The van der Waals surface area contributed by atoms with E-state index in [1.807, 2.05) is 42.5 Å². The molecule has 2 heterocycles. The SMILES string of the molecule is [2H]c1c([2H])c([2H])c(-c2nc(-c3ccccc3)nc(-c3ccc4c(c3)oc3c(Cl)cc(Cl)cc34)n2)c([2H])c1[2H]. The highest BCUT2D eigenvalue weighted by Gasteiger charge is 2.15. The number of rotatable bonds is 3. The first kappa shape index (κ1) is 15.2. The van der Waals surface area contributed by atoms with Crippen molar-refractivity contribution >= 4 is 45.1 Å². The summed E-state index contributed by atoms with van der Waals surface area (Å²) in [5, 5.41) is 2.45. The minimum Gasteiger partial charge on any atom is -0.454 e. The second kappa shape index (κ2) is 8.00. The zero-order valence-corrected chi connectivity index (χ0v) is 18.3. The topological polar surface area (TPSA) is 51.8 Å². The summed E-state index contributed by atoms with van der Waals surface area (Å²) >= 11 is 12.5. The van der Waals surface area contributed by atoms with Gasteiger partial charge < -0.3 is 4.42 Å². The minimum absolute atomic E-state index is 0.0367. The van der Waals surface area contributed by atoms with Gasteiger partial charge in [-0.25, -0.2) is 15.0 Å². The quantitative estimate of drug-likeness (QED) is 0.261. The molecule has 0 aliphatic heterocycles. The molecule has 2 aromatic heterocycles. The van der Waals surface area contributed by atoms with Crippen LogP contribution in [-0.2, 0) is 0 Å². The third-order valence-corrected chi connectivity index (χ3v) is 5.64. The lowest BCUT2D eigenvalue weighted by atomic mass is 10.1. The predicted octanol–water partition coefficient (Wildman–Crippen LogP) is 8.08. The van der Waals surface area contributed by atoms with Gasteiger partial charge in [0, 0.05) is 32.5 Å². The molecule has 4 nitrogen and oxygen atoms in total. The van der Waals surface area contributed by atoms with Gasteiger partial charge in [0.1, 0.15) is 5.58 Å². The highest BCUT2D eigenvalue weighted by atomic mass is 35.5. The van der Waals surface area contributed by atoms with Crippen LogP contribution in [-0.4, -0.2) is 15.0 Å². The zero-order valence-electron chi connectivity index (χ0n) is 21.8. The fourth-order valence-electron chi connectivity index (χ4n) is 3.64. The van der Waals surface area contributed by atoms with Crippen molar-refractivity contribution in [3.8, 4) is 34.2 Å². The average molecular weight is 473 g/mol. The van der Waals surface area contributed by atoms with Gasteiger partial charge in [0.25, 0.3) is 0 Å². The molecule has 0 radical (unpaired) electrons. The normalized spacial score (nSPS) is 13.5. The Hall–Kier alpha value is -3.73. The van der Waals surface area contributed by atoms with E-state index < -0.39 is 30.2 Å². The first-order chi connectivity index (χ1) is 18.2. The van der Waals surface area contributed by atoms with Crippen molar-refractivity contribution in [1.82, 2.24) is 15.0 Å². The van der Waals surface area contributed by atoms with Gasteiger partial charge in [-0.2, -0.15) is 0 Å². The van der Waals surface area contributed by atoms with Gasteiger partial charge in [0.2, 0.25) is 0 Å². The molecule has 0 atom stereocenters. The van der Waals surface area contributed by atoms with Crippen LogP contribution in [0.15, 0.2) is 95.3 Å². The Kier molecular flexibility index (Phi) is 3.68. The van der Waals surface area contributed by atoms with Crippen LogP contribution in [0.3, 0.4) is 0 Å². The molecule has 0 N–H and O–H groups in total. The lowest BCUT2D eigenvalue weighted by Gasteiger charge is -2.08. The maximum Gasteiger partial charge on any atom is 0.164 e. The number of fused-ring (bicyclic) bond motifs is 3. The second-order valence-electron chi connectivity index (χ2n) is 7.25. The first-order valence-electron chi connectivity index (χ1n) is 12.4. The summed E-state index contributed by atoms with van der Waals surface area (Å²) in [4.78, 5) is 13.7. The van der Waals surface area contributed by atoms with Gasteiger partial charge in [-0.1, -0.05) is 89.8 Å². The summed E-state index contributed by atoms with van der Waals surface area (Å²) in [5.74, 6) is 0.495. The molecule has 4 aromatic carbocycles. The van der Waals surface area contributed by atoms with Crippen molar-refractivity contribution in [3.63, 3.8) is 0 Å². The van der Waals surface area contributed by atoms with E-state index in [2.05, 4.69) is 15.0 Å². The van der Waals surface area contributed by atoms with E-state index in [0.29, 0.717) is 32.3 Å². The molecular formula is C27H15Cl2N3O. The highest BCUT2D eigenvalue weighted by molar-refractivity contribution is 6.39. The largest absolute Gasteiger partial charge is 0.454 e. The molecule has 0 unspecified atom stereocenters. The minimum atomic E-state index is -0.490. The third kappa shape index (κ3) is 3.63. The van der Waals surface area contributed by atoms with Gasteiger partial charge in [0.15, 0.2) is 23.1 Å². The van der Waals surface area contributed by atoms with Gasteiger partial charge >= 0.3 is 0 Å². The van der Waals surface area contributed by atoms with E-state index >= 15 is 0 Å². The molecule has 0 aliphatic rings. The summed E-state index contributed by atoms with van der Waals surface area (Å²) in [6.45, 7) is 0. The monoisotopic (exact) mass is 472 g/mol. The van der Waals surface area contributed by atoms with Crippen molar-refractivity contribution in [2.75, 3.05) is 0 Å². The Morgan fingerprint density at radius 1 is 0.667 bits per heavy atom. The van der Waals surface area contributed by atoms with Crippen molar-refractivity contribution in [3.05, 3.63) is 101 Å². The molecule has 33 heavy (non-hydrogen) atoms. The molecule has 6 aromatic rings. The maximum absolute atomic E-state index is 8.42. The number of hydrogen-bond acceptors (Lipinski definition) is 4. The first-order valence-corrected chi connectivity index (χ1v) is 10.7. The molecule has 6 rings (SSSR count). The van der Waals surface area contributed by atoms with Gasteiger partial charge in [-0.3, -0.25) is 0 Å². The van der Waals surface area contributed by atoms with Crippen LogP contribution < -0.4 is 0 Å². The molecule has 6 heteroatoms. The summed E-state index contributed by atoms with van der Waals surface area (Å²) in [6, 6.07) is 15.7. The Bertz CT molecular complexity index is 1880. The van der Waals surface area contributed by atoms with E-state index in [0.717, 1.165) is 10.8 Å². The van der Waals surface area contributed by atoms with Crippen LogP contribution in [0.2, 0.25) is 10.0 Å². The smallest absolute Gasteiger partial charge is 0.164 e. The van der Waals surface area contributed by atoms with Crippen molar-refractivity contribution in [2.45, 2.75) is 0 Å². The number of hydrogen-bond donors (Lipinski definition) is 0. The van der Waals surface area contributed by atoms with Crippen molar-refractivity contribution in [2.24, 2.45) is 0 Å². The number of nitrogens with zero attached hydrogens (tertiary/aromatic N) is 3. The van der Waals surface area contributed by atoms with E-state index in [1.165, 1.54) is 0 Å². The molecule has 0 amide bonds. The summed E-state index contributed by atoms with van der Waals surface area (Å²) in [5.41, 5.74) is 2.18. The fraction of sp³-hybridized carbons (Fsp3) is 0. The summed E-state index contributed by atoms with van der Waals surface area (Å²) in [7, 11) is 0. The second-order valence-corrected chi connectivity index (χ2v) is 8.09. The molecular weight excluding hydrogens is 453 g/mol. The van der Waals surface area contributed by atoms with Crippen molar-refractivity contribution in [1.29, 1.82) is 0 Å². The Morgan fingerprint density at radius 2 is 1.36 bits per heavy atom. The van der Waals surface area contributed by atoms with Gasteiger partial charge in [0.05, 0.1) is 11.9 Å². The third-order valence-electron chi connectivity index (χ3n) is 5.14. The van der Waals surface area contributed by atoms with Crippen LogP contribution in [0, 0.1) is 0 Å². The number of benzene rings is 4. The van der Waals surface area contributed by atoms with E-state index in [4.69, 9.17) is 34.5 Å². The number of aromatic nitrogens is 3. The number of halogens is 2. The Labute approximate surface area is 206 Å². The predicted molar refractivity (Wildman–Crippen MR) is 133 cm³/mol. The van der Waals surface area contributed by atoms with Gasteiger partial charge in [-0.05, 0) is 24.3 Å². The summed E-state index contributed by atoms with van der Waals surface area (Å²) < 4.78 is 47.0. The zero-order chi connectivity index (χ0) is 26.7.